The van der Waals surface area contributed by atoms with Crippen LogP contribution in [0.25, 0.3) is 0 Å². The lowest BCUT2D eigenvalue weighted by molar-refractivity contribution is -0.371. The highest BCUT2D eigenvalue weighted by Crippen LogP contribution is 2.50. The van der Waals surface area contributed by atoms with Crippen molar-refractivity contribution in [2.45, 2.75) is 16.0 Å². The van der Waals surface area contributed by atoms with Crippen LogP contribution in [-0.2, 0) is 4.74 Å². The molecule has 0 saturated heterocycles. The van der Waals surface area contributed by atoms with Crippen molar-refractivity contribution in [1.29, 1.82) is 0 Å². The average molecular weight is 374 g/mol. The largest absolute Gasteiger partial charge is 0.473 e. The molecule has 0 fully saturated rings. The molecule has 0 aromatic rings. The summed E-state index contributed by atoms with van der Waals surface area (Å²) in [5.41, 5.74) is 0. The van der Waals surface area contributed by atoms with Crippen molar-refractivity contribution in [3.63, 3.8) is 0 Å². The zero-order chi connectivity index (χ0) is 13.4. The maximum Gasteiger partial charge on any atom is 0.473 e. The van der Waals surface area contributed by atoms with Gasteiger partial charge in [-0.3, -0.25) is 0 Å². The van der Waals surface area contributed by atoms with E-state index in [-0.39, 0.29) is 22.6 Å². The molecule has 0 aromatic carbocycles. The predicted molar refractivity (Wildman–Crippen MR) is 40.3 cm³/mol. The molecule has 0 bridgehead atoms. The minimum Gasteiger partial charge on any atom is -0.397 e. The SMILES string of the molecule is FC(F)=C(F)OC(F)(F)C(F)(F)C(F)(F)I. The Morgan fingerprint density at radius 2 is 1.25 bits per heavy atom. The summed E-state index contributed by atoms with van der Waals surface area (Å²) >= 11 is -0.361. The third-order valence-corrected chi connectivity index (χ3v) is 1.77. The van der Waals surface area contributed by atoms with Crippen LogP contribution in [0.4, 0.5) is 39.5 Å². The van der Waals surface area contributed by atoms with Gasteiger partial charge in [-0.05, 0) is 0 Å². The van der Waals surface area contributed by atoms with Crippen LogP contribution in [0.15, 0.2) is 12.1 Å². The van der Waals surface area contributed by atoms with E-state index in [0.29, 0.717) is 0 Å². The molecular formula is C5F9IO. The van der Waals surface area contributed by atoms with E-state index in [4.69, 9.17) is 0 Å². The first-order valence-corrected chi connectivity index (χ1v) is 4.13. The number of hydrogen-bond acceptors (Lipinski definition) is 1. The first kappa shape index (κ1) is 15.6. The van der Waals surface area contributed by atoms with Gasteiger partial charge in [-0.1, -0.05) is 0 Å². The lowest BCUT2D eigenvalue weighted by Crippen LogP contribution is -2.52. The van der Waals surface area contributed by atoms with Crippen LogP contribution in [0.5, 0.6) is 0 Å². The van der Waals surface area contributed by atoms with Gasteiger partial charge in [0.25, 0.3) is 0 Å². The van der Waals surface area contributed by atoms with E-state index in [2.05, 4.69) is 4.74 Å². The summed E-state index contributed by atoms with van der Waals surface area (Å²) in [6, 6.07) is -3.36. The highest BCUT2D eigenvalue weighted by molar-refractivity contribution is 14.1. The molecule has 0 rings (SSSR count). The van der Waals surface area contributed by atoms with Gasteiger partial charge in [-0.25, -0.2) is 0 Å². The van der Waals surface area contributed by atoms with Gasteiger partial charge in [0.2, 0.25) is 0 Å². The quantitative estimate of drug-likeness (QED) is 0.309. The summed E-state index contributed by atoms with van der Waals surface area (Å²) in [6.07, 6.45) is -9.60. The van der Waals surface area contributed by atoms with Crippen LogP contribution in [0.2, 0.25) is 0 Å². The summed E-state index contributed by atoms with van der Waals surface area (Å²) in [4.78, 5) is 0. The van der Waals surface area contributed by atoms with Gasteiger partial charge >= 0.3 is 28.1 Å². The fraction of sp³-hybridized carbons (Fsp3) is 0.600. The number of halogens is 10. The lowest BCUT2D eigenvalue weighted by Gasteiger charge is -2.28. The van der Waals surface area contributed by atoms with E-state index in [1.165, 1.54) is 0 Å². The fourth-order valence-corrected chi connectivity index (χ4v) is 0.694. The van der Waals surface area contributed by atoms with Crippen LogP contribution in [0.3, 0.4) is 0 Å². The van der Waals surface area contributed by atoms with Gasteiger partial charge in [0.1, 0.15) is 0 Å². The van der Waals surface area contributed by atoms with Crippen LogP contribution in [0.1, 0.15) is 0 Å². The van der Waals surface area contributed by atoms with Crippen molar-refractivity contribution in [3.8, 4) is 0 Å². The van der Waals surface area contributed by atoms with Crippen molar-refractivity contribution in [2.75, 3.05) is 0 Å². The minimum absolute atomic E-state index is 0.361. The van der Waals surface area contributed by atoms with Crippen molar-refractivity contribution in [1.82, 2.24) is 0 Å². The van der Waals surface area contributed by atoms with Crippen molar-refractivity contribution < 1.29 is 44.3 Å². The number of hydrogen-bond donors (Lipinski definition) is 0. The highest BCUT2D eigenvalue weighted by Gasteiger charge is 2.73. The second-order valence-corrected chi connectivity index (χ2v) is 3.58. The molecule has 0 amide bonds. The monoisotopic (exact) mass is 374 g/mol. The maximum absolute atomic E-state index is 12.3. The molecule has 0 heterocycles. The van der Waals surface area contributed by atoms with Crippen molar-refractivity contribution in [2.24, 2.45) is 0 Å². The molecule has 0 spiro atoms. The fourth-order valence-electron chi connectivity index (χ4n) is 0.380. The van der Waals surface area contributed by atoms with Gasteiger partial charge in [0, 0.05) is 22.6 Å². The van der Waals surface area contributed by atoms with Gasteiger partial charge in [0.15, 0.2) is 0 Å². The summed E-state index contributed by atoms with van der Waals surface area (Å²) in [7, 11) is 0. The Morgan fingerprint density at radius 3 is 1.50 bits per heavy atom. The molecule has 0 aliphatic carbocycles. The van der Waals surface area contributed by atoms with Crippen LogP contribution in [0, 0.1) is 0 Å². The Kier molecular flexibility index (Phi) is 4.39. The van der Waals surface area contributed by atoms with E-state index in [1.807, 2.05) is 0 Å². The predicted octanol–water partition coefficient (Wildman–Crippen LogP) is 4.29. The minimum atomic E-state index is -6.16. The smallest absolute Gasteiger partial charge is 0.397 e. The molecule has 0 radical (unpaired) electrons. The molecule has 0 saturated carbocycles. The zero-order valence-electron chi connectivity index (χ0n) is 6.69. The average Bonchev–Trinajstić information content (AvgIpc) is 2.00. The normalized spacial score (nSPS) is 13.6. The molecule has 96 valence electrons. The Labute approximate surface area is 95.4 Å². The van der Waals surface area contributed by atoms with E-state index in [0.717, 1.165) is 0 Å². The molecule has 0 atom stereocenters. The maximum atomic E-state index is 12.3. The van der Waals surface area contributed by atoms with E-state index < -0.39 is 28.1 Å². The molecule has 0 unspecified atom stereocenters. The zero-order valence-corrected chi connectivity index (χ0v) is 8.85. The standard InChI is InChI=1S/C5F9IO/c6-1(7)2(8)16-5(13,14)3(9,10)4(11,12)15. The number of ether oxygens (including phenoxy) is 1. The van der Waals surface area contributed by atoms with Crippen LogP contribution < -0.4 is 0 Å². The molecule has 0 aliphatic heterocycles. The van der Waals surface area contributed by atoms with Crippen molar-refractivity contribution >= 4 is 22.6 Å². The second kappa shape index (κ2) is 4.49. The molecular weight excluding hydrogens is 374 g/mol. The topological polar surface area (TPSA) is 9.23 Å². The van der Waals surface area contributed by atoms with E-state index in [1.54, 1.807) is 0 Å². The number of alkyl halides is 7. The summed E-state index contributed by atoms with van der Waals surface area (Å²) in [6.45, 7) is 0. The van der Waals surface area contributed by atoms with Gasteiger partial charge < -0.3 is 4.74 Å². The van der Waals surface area contributed by atoms with Crippen molar-refractivity contribution in [3.05, 3.63) is 12.1 Å². The molecule has 0 aliphatic rings. The first-order valence-electron chi connectivity index (χ1n) is 3.05. The van der Waals surface area contributed by atoms with E-state index >= 15 is 0 Å². The van der Waals surface area contributed by atoms with Crippen LogP contribution in [-0.4, -0.2) is 16.0 Å². The molecule has 11 heteroatoms. The third-order valence-electron chi connectivity index (χ3n) is 1.09. The molecule has 1 nitrogen and oxygen atoms in total. The Bertz CT molecular complexity index is 289. The van der Waals surface area contributed by atoms with Gasteiger partial charge in [-0.2, -0.15) is 39.5 Å². The Morgan fingerprint density at radius 1 is 0.875 bits per heavy atom. The first-order chi connectivity index (χ1) is 6.83. The van der Waals surface area contributed by atoms with Gasteiger partial charge in [-0.15, -0.1) is 0 Å². The third kappa shape index (κ3) is 3.07. The molecule has 0 aromatic heterocycles. The number of rotatable bonds is 4. The highest BCUT2D eigenvalue weighted by atomic mass is 127. The second-order valence-electron chi connectivity index (χ2n) is 2.23. The summed E-state index contributed by atoms with van der Waals surface area (Å²) < 4.78 is 104. The van der Waals surface area contributed by atoms with Crippen LogP contribution >= 0.6 is 22.6 Å². The molecule has 16 heavy (non-hydrogen) atoms. The van der Waals surface area contributed by atoms with Gasteiger partial charge in [0.05, 0.1) is 0 Å². The Balaban J connectivity index is 5.15. The summed E-state index contributed by atoms with van der Waals surface area (Å²) in [5.74, 6) is -6.16. The van der Waals surface area contributed by atoms with E-state index in [9.17, 15) is 39.5 Å². The summed E-state index contributed by atoms with van der Waals surface area (Å²) in [5, 5.41) is 0. The lowest BCUT2D eigenvalue weighted by atomic mass is 10.3. The molecule has 0 N–H and O–H groups in total. The Hall–Kier alpha value is -0.360.